The molecule has 17 heavy (non-hydrogen) atoms. The number of aliphatic hydroxyl groups is 1. The fraction of sp³-hybridized carbons (Fsp3) is 0.571. The average Bonchev–Trinajstić information content (AvgIpc) is 2.27. The first-order valence-electron chi connectivity index (χ1n) is 6.01. The van der Waals surface area contributed by atoms with Gasteiger partial charge in [0.2, 0.25) is 0 Å². The van der Waals surface area contributed by atoms with Gasteiger partial charge in [-0.15, -0.1) is 0 Å². The Bertz CT molecular complexity index is 388. The summed E-state index contributed by atoms with van der Waals surface area (Å²) >= 11 is 3.49. The van der Waals surface area contributed by atoms with Crippen molar-refractivity contribution in [2.75, 3.05) is 11.9 Å². The fourth-order valence-electron chi connectivity index (χ4n) is 1.72. The zero-order chi connectivity index (χ0) is 13.2. The quantitative estimate of drug-likeness (QED) is 0.904. The number of benzene rings is 1. The van der Waals surface area contributed by atoms with Crippen molar-refractivity contribution >= 4 is 21.6 Å². The summed E-state index contributed by atoms with van der Waals surface area (Å²) in [4.78, 5) is 2.24. The second-order valence-corrected chi connectivity index (χ2v) is 6.02. The minimum absolute atomic E-state index is 0.0738. The van der Waals surface area contributed by atoms with E-state index >= 15 is 0 Å². The molecule has 0 aliphatic rings. The van der Waals surface area contributed by atoms with E-state index < -0.39 is 6.10 Å². The van der Waals surface area contributed by atoms with Gasteiger partial charge in [0, 0.05) is 28.3 Å². The molecule has 1 unspecified atom stereocenters. The van der Waals surface area contributed by atoms with E-state index in [4.69, 9.17) is 0 Å². The van der Waals surface area contributed by atoms with Crippen molar-refractivity contribution in [3.05, 3.63) is 28.2 Å². The second-order valence-electron chi connectivity index (χ2n) is 5.10. The Labute approximate surface area is 113 Å². The maximum atomic E-state index is 9.84. The molecule has 3 heteroatoms. The van der Waals surface area contributed by atoms with Crippen molar-refractivity contribution in [2.45, 2.75) is 45.8 Å². The van der Waals surface area contributed by atoms with Crippen LogP contribution in [0.4, 0.5) is 5.69 Å². The van der Waals surface area contributed by atoms with E-state index in [-0.39, 0.29) is 5.54 Å². The van der Waals surface area contributed by atoms with Gasteiger partial charge in [-0.3, -0.25) is 0 Å². The van der Waals surface area contributed by atoms with Gasteiger partial charge in [0.05, 0.1) is 6.10 Å². The molecule has 0 aliphatic heterocycles. The first-order chi connectivity index (χ1) is 7.79. The Hall–Kier alpha value is -0.540. The molecule has 2 nitrogen and oxygen atoms in total. The molecule has 0 saturated heterocycles. The highest BCUT2D eigenvalue weighted by molar-refractivity contribution is 9.10. The van der Waals surface area contributed by atoms with E-state index in [1.807, 2.05) is 12.1 Å². The lowest BCUT2D eigenvalue weighted by Gasteiger charge is -2.38. The minimum atomic E-state index is -0.451. The number of rotatable bonds is 4. The van der Waals surface area contributed by atoms with E-state index in [2.05, 4.69) is 54.7 Å². The van der Waals surface area contributed by atoms with Crippen LogP contribution in [0.5, 0.6) is 0 Å². The highest BCUT2D eigenvalue weighted by Gasteiger charge is 2.24. The topological polar surface area (TPSA) is 23.5 Å². The van der Waals surface area contributed by atoms with Gasteiger partial charge in [0.1, 0.15) is 0 Å². The maximum absolute atomic E-state index is 9.84. The van der Waals surface area contributed by atoms with Crippen molar-refractivity contribution < 1.29 is 5.11 Å². The van der Waals surface area contributed by atoms with Gasteiger partial charge < -0.3 is 10.0 Å². The molecule has 0 amide bonds. The van der Waals surface area contributed by atoms with Crippen molar-refractivity contribution in [2.24, 2.45) is 0 Å². The van der Waals surface area contributed by atoms with Crippen LogP contribution < -0.4 is 4.90 Å². The Morgan fingerprint density at radius 3 is 2.47 bits per heavy atom. The Kier molecular flexibility index (Phi) is 4.62. The summed E-state index contributed by atoms with van der Waals surface area (Å²) in [6, 6.07) is 6.02. The highest BCUT2D eigenvalue weighted by Crippen LogP contribution is 2.33. The first-order valence-corrected chi connectivity index (χ1v) is 6.80. The summed E-state index contributed by atoms with van der Waals surface area (Å²) < 4.78 is 1.04. The van der Waals surface area contributed by atoms with Crippen LogP contribution in [0.25, 0.3) is 0 Å². The summed E-state index contributed by atoms with van der Waals surface area (Å²) in [6.45, 7) is 8.40. The minimum Gasteiger partial charge on any atom is -0.389 e. The van der Waals surface area contributed by atoms with Crippen molar-refractivity contribution in [1.29, 1.82) is 0 Å². The third-order valence-corrected chi connectivity index (χ3v) is 4.07. The van der Waals surface area contributed by atoms with E-state index in [1.54, 1.807) is 6.92 Å². The molecule has 1 aromatic carbocycles. The monoisotopic (exact) mass is 299 g/mol. The molecule has 0 saturated carbocycles. The molecular formula is C14H22BrNO. The predicted molar refractivity (Wildman–Crippen MR) is 77.5 cm³/mol. The zero-order valence-corrected chi connectivity index (χ0v) is 12.9. The van der Waals surface area contributed by atoms with Crippen LogP contribution in [0.3, 0.4) is 0 Å². The van der Waals surface area contributed by atoms with E-state index in [0.717, 1.165) is 22.1 Å². The summed E-state index contributed by atoms with van der Waals surface area (Å²) in [6.07, 6.45) is 0.600. The molecule has 0 heterocycles. The van der Waals surface area contributed by atoms with Crippen LogP contribution in [-0.2, 0) is 0 Å². The van der Waals surface area contributed by atoms with Gasteiger partial charge in [-0.25, -0.2) is 0 Å². The van der Waals surface area contributed by atoms with Gasteiger partial charge in [-0.05, 0) is 39.3 Å². The molecule has 1 aromatic rings. The molecule has 0 fully saturated rings. The summed E-state index contributed by atoms with van der Waals surface area (Å²) in [7, 11) is 2.08. The summed E-state index contributed by atoms with van der Waals surface area (Å²) in [5.41, 5.74) is 2.13. The Morgan fingerprint density at radius 2 is 2.00 bits per heavy atom. The van der Waals surface area contributed by atoms with Crippen LogP contribution >= 0.6 is 15.9 Å². The van der Waals surface area contributed by atoms with Gasteiger partial charge in [-0.1, -0.05) is 28.9 Å². The highest BCUT2D eigenvalue weighted by atomic mass is 79.9. The molecule has 0 aliphatic carbocycles. The van der Waals surface area contributed by atoms with Gasteiger partial charge in [0.25, 0.3) is 0 Å². The Morgan fingerprint density at radius 1 is 1.41 bits per heavy atom. The lowest BCUT2D eigenvalue weighted by molar-refractivity contribution is 0.199. The zero-order valence-electron chi connectivity index (χ0n) is 11.3. The van der Waals surface area contributed by atoms with Gasteiger partial charge in [0.15, 0.2) is 0 Å². The maximum Gasteiger partial charge on any atom is 0.0782 e. The number of hydrogen-bond donors (Lipinski definition) is 1. The molecule has 0 spiro atoms. The third-order valence-electron chi connectivity index (χ3n) is 3.58. The van der Waals surface area contributed by atoms with Crippen molar-refractivity contribution in [3.8, 4) is 0 Å². The molecule has 1 atom stereocenters. The standard InChI is InChI=1S/C14H22BrNO/c1-6-14(3,4)16(5)13-9-11(15)7-8-12(13)10(2)17/h7-10,17H,6H2,1-5H3. The molecule has 0 radical (unpaired) electrons. The van der Waals surface area contributed by atoms with E-state index in [9.17, 15) is 5.11 Å². The first kappa shape index (κ1) is 14.5. The van der Waals surface area contributed by atoms with Crippen LogP contribution in [-0.4, -0.2) is 17.7 Å². The largest absolute Gasteiger partial charge is 0.389 e. The van der Waals surface area contributed by atoms with E-state index in [0.29, 0.717) is 0 Å². The van der Waals surface area contributed by atoms with Crippen molar-refractivity contribution in [1.82, 2.24) is 0 Å². The van der Waals surface area contributed by atoms with Crippen molar-refractivity contribution in [3.63, 3.8) is 0 Å². The molecule has 96 valence electrons. The second kappa shape index (κ2) is 5.40. The molecule has 0 aromatic heterocycles. The number of aliphatic hydroxyl groups excluding tert-OH is 1. The number of nitrogens with zero attached hydrogens (tertiary/aromatic N) is 1. The molecular weight excluding hydrogens is 278 g/mol. The van der Waals surface area contributed by atoms with E-state index in [1.165, 1.54) is 0 Å². The number of halogens is 1. The van der Waals surface area contributed by atoms with Crippen LogP contribution in [0.2, 0.25) is 0 Å². The number of anilines is 1. The molecule has 1 N–H and O–H groups in total. The molecule has 1 rings (SSSR count). The lowest BCUT2D eigenvalue weighted by atomic mass is 9.97. The van der Waals surface area contributed by atoms with Gasteiger partial charge in [-0.2, -0.15) is 0 Å². The molecule has 0 bridgehead atoms. The Balaban J connectivity index is 3.24. The predicted octanol–water partition coefficient (Wildman–Crippen LogP) is 4.13. The summed E-state index contributed by atoms with van der Waals surface area (Å²) in [5, 5.41) is 9.84. The average molecular weight is 300 g/mol. The van der Waals surface area contributed by atoms with Crippen LogP contribution in [0, 0.1) is 0 Å². The van der Waals surface area contributed by atoms with Gasteiger partial charge >= 0.3 is 0 Å². The number of hydrogen-bond acceptors (Lipinski definition) is 2. The third kappa shape index (κ3) is 3.23. The smallest absolute Gasteiger partial charge is 0.0782 e. The SMILES string of the molecule is CCC(C)(C)N(C)c1cc(Br)ccc1C(C)O. The van der Waals surface area contributed by atoms with Crippen LogP contribution in [0.15, 0.2) is 22.7 Å². The normalized spacial score (nSPS) is 13.6. The fourth-order valence-corrected chi connectivity index (χ4v) is 2.07. The summed E-state index contributed by atoms with van der Waals surface area (Å²) in [5.74, 6) is 0. The van der Waals surface area contributed by atoms with Crippen LogP contribution in [0.1, 0.15) is 45.8 Å². The lowest BCUT2D eigenvalue weighted by Crippen LogP contribution is -2.41.